The fourth-order valence-electron chi connectivity index (χ4n) is 1.64. The maximum atomic E-state index is 8.67. The first-order valence-corrected chi connectivity index (χ1v) is 4.46. The van der Waals surface area contributed by atoms with Gasteiger partial charge in [-0.15, -0.1) is 0 Å². The number of fused-ring (bicyclic) bond motifs is 1. The molecule has 68 valence electrons. The molecule has 0 fully saturated rings. The van der Waals surface area contributed by atoms with Crippen molar-refractivity contribution in [3.63, 3.8) is 0 Å². The van der Waals surface area contributed by atoms with E-state index in [0.717, 1.165) is 22.0 Å². The Hall–Kier alpha value is -2.01. The van der Waals surface area contributed by atoms with Gasteiger partial charge in [0.25, 0.3) is 0 Å². The smallest absolute Gasteiger partial charge is 0.0669 e. The van der Waals surface area contributed by atoms with Crippen molar-refractivity contribution in [2.24, 2.45) is 0 Å². The summed E-state index contributed by atoms with van der Waals surface area (Å²) < 4.78 is 0. The summed E-state index contributed by atoms with van der Waals surface area (Å²) in [5.74, 6) is 0. The fourth-order valence-corrected chi connectivity index (χ4v) is 1.64. The quantitative estimate of drug-likeness (QED) is 0.689. The van der Waals surface area contributed by atoms with E-state index in [9.17, 15) is 0 Å². The third-order valence-corrected chi connectivity index (χ3v) is 2.32. The van der Waals surface area contributed by atoms with Gasteiger partial charge >= 0.3 is 0 Å². The molecule has 0 atom stereocenters. The zero-order valence-electron chi connectivity index (χ0n) is 7.70. The maximum absolute atomic E-state index is 8.67. The summed E-state index contributed by atoms with van der Waals surface area (Å²) in [7, 11) is 0. The van der Waals surface area contributed by atoms with Crippen molar-refractivity contribution in [3.8, 4) is 6.07 Å². The molecule has 0 amide bonds. The molecule has 0 saturated carbocycles. The van der Waals surface area contributed by atoms with E-state index in [0.29, 0.717) is 6.42 Å². The molecule has 2 heteroatoms. The molecule has 0 unspecified atom stereocenters. The number of anilines is 1. The molecule has 2 N–H and O–H groups in total. The number of rotatable bonds is 1. The van der Waals surface area contributed by atoms with Crippen LogP contribution in [-0.2, 0) is 6.42 Å². The summed E-state index contributed by atoms with van der Waals surface area (Å²) >= 11 is 0. The summed E-state index contributed by atoms with van der Waals surface area (Å²) in [4.78, 5) is 0. The van der Waals surface area contributed by atoms with Crippen molar-refractivity contribution in [1.29, 1.82) is 5.26 Å². The van der Waals surface area contributed by atoms with Crippen LogP contribution in [0.4, 0.5) is 5.69 Å². The van der Waals surface area contributed by atoms with Gasteiger partial charge in [-0.1, -0.05) is 30.3 Å². The number of benzene rings is 2. The Morgan fingerprint density at radius 2 is 1.79 bits per heavy atom. The standard InChI is InChI=1S/C12H10N2/c13-8-7-9-3-1-5-11-10(9)4-2-6-12(11)14/h1-6H,7,14H2. The van der Waals surface area contributed by atoms with Crippen LogP contribution >= 0.6 is 0 Å². The Kier molecular flexibility index (Phi) is 2.08. The van der Waals surface area contributed by atoms with Crippen LogP contribution in [0.25, 0.3) is 10.8 Å². The van der Waals surface area contributed by atoms with E-state index in [2.05, 4.69) is 6.07 Å². The van der Waals surface area contributed by atoms with Crippen LogP contribution in [0.1, 0.15) is 5.56 Å². The van der Waals surface area contributed by atoms with Crippen molar-refractivity contribution >= 4 is 16.5 Å². The molecule has 0 bridgehead atoms. The summed E-state index contributed by atoms with van der Waals surface area (Å²) in [5.41, 5.74) is 7.64. The highest BCUT2D eigenvalue weighted by Crippen LogP contribution is 2.23. The number of hydrogen-bond donors (Lipinski definition) is 1. The first kappa shape index (κ1) is 8.58. The lowest BCUT2D eigenvalue weighted by Crippen LogP contribution is -1.89. The highest BCUT2D eigenvalue weighted by atomic mass is 14.5. The van der Waals surface area contributed by atoms with Gasteiger partial charge in [0.05, 0.1) is 12.5 Å². The Morgan fingerprint density at radius 3 is 2.57 bits per heavy atom. The van der Waals surface area contributed by atoms with E-state index in [-0.39, 0.29) is 0 Å². The molecular formula is C12H10N2. The molecule has 0 radical (unpaired) electrons. The van der Waals surface area contributed by atoms with Gasteiger partial charge < -0.3 is 5.73 Å². The number of nitrogens with two attached hydrogens (primary N) is 1. The number of nitrogens with zero attached hydrogens (tertiary/aromatic N) is 1. The van der Waals surface area contributed by atoms with Crippen LogP contribution < -0.4 is 5.73 Å². The monoisotopic (exact) mass is 182 g/mol. The second-order valence-corrected chi connectivity index (χ2v) is 3.19. The molecule has 0 aromatic heterocycles. The SMILES string of the molecule is N#CCc1cccc2c(N)cccc12. The highest BCUT2D eigenvalue weighted by Gasteiger charge is 2.01. The van der Waals surface area contributed by atoms with Crippen molar-refractivity contribution < 1.29 is 0 Å². The number of nitrogen functional groups attached to an aromatic ring is 1. The van der Waals surface area contributed by atoms with Crippen LogP contribution in [0, 0.1) is 11.3 Å². The molecule has 0 aliphatic rings. The lowest BCUT2D eigenvalue weighted by Gasteiger charge is -2.04. The van der Waals surface area contributed by atoms with Crippen molar-refractivity contribution in [1.82, 2.24) is 0 Å². The van der Waals surface area contributed by atoms with E-state index in [4.69, 9.17) is 11.0 Å². The molecular weight excluding hydrogens is 172 g/mol. The van der Waals surface area contributed by atoms with Crippen molar-refractivity contribution in [2.45, 2.75) is 6.42 Å². The predicted molar refractivity (Wildman–Crippen MR) is 57.7 cm³/mol. The summed E-state index contributed by atoms with van der Waals surface area (Å²) in [6, 6.07) is 13.8. The Bertz CT molecular complexity index is 509. The van der Waals surface area contributed by atoms with Crippen molar-refractivity contribution in [3.05, 3.63) is 42.0 Å². The minimum atomic E-state index is 0.431. The molecule has 2 aromatic rings. The molecule has 2 nitrogen and oxygen atoms in total. The Morgan fingerprint density at radius 1 is 1.07 bits per heavy atom. The van der Waals surface area contributed by atoms with Gasteiger partial charge in [0.15, 0.2) is 0 Å². The second-order valence-electron chi connectivity index (χ2n) is 3.19. The lowest BCUT2D eigenvalue weighted by atomic mass is 10.0. The van der Waals surface area contributed by atoms with Gasteiger partial charge in [-0.2, -0.15) is 5.26 Å². The molecule has 0 heterocycles. The summed E-state index contributed by atoms with van der Waals surface area (Å²) in [6.07, 6.45) is 0.431. The molecule has 0 saturated heterocycles. The number of hydrogen-bond acceptors (Lipinski definition) is 2. The van der Waals surface area contributed by atoms with Crippen LogP contribution in [0.5, 0.6) is 0 Å². The highest BCUT2D eigenvalue weighted by molar-refractivity contribution is 5.95. The lowest BCUT2D eigenvalue weighted by molar-refractivity contribution is 1.29. The van der Waals surface area contributed by atoms with E-state index >= 15 is 0 Å². The van der Waals surface area contributed by atoms with E-state index in [1.165, 1.54) is 0 Å². The largest absolute Gasteiger partial charge is 0.398 e. The minimum absolute atomic E-state index is 0.431. The van der Waals surface area contributed by atoms with Crippen LogP contribution in [0.2, 0.25) is 0 Å². The van der Waals surface area contributed by atoms with Gasteiger partial charge in [-0.3, -0.25) is 0 Å². The van der Waals surface area contributed by atoms with Crippen LogP contribution in [0.3, 0.4) is 0 Å². The summed E-state index contributed by atoms with van der Waals surface area (Å²) in [6.45, 7) is 0. The van der Waals surface area contributed by atoms with Gasteiger partial charge in [0.2, 0.25) is 0 Å². The summed E-state index contributed by atoms with van der Waals surface area (Å²) in [5, 5.41) is 10.8. The average molecular weight is 182 g/mol. The normalized spacial score (nSPS) is 9.93. The maximum Gasteiger partial charge on any atom is 0.0669 e. The molecule has 0 aliphatic carbocycles. The first-order valence-electron chi connectivity index (χ1n) is 4.46. The Labute approximate surface area is 82.6 Å². The molecule has 2 aromatic carbocycles. The molecule has 2 rings (SSSR count). The molecule has 0 spiro atoms. The van der Waals surface area contributed by atoms with E-state index < -0.39 is 0 Å². The van der Waals surface area contributed by atoms with Gasteiger partial charge in [0.1, 0.15) is 0 Å². The van der Waals surface area contributed by atoms with E-state index in [1.54, 1.807) is 0 Å². The fraction of sp³-hybridized carbons (Fsp3) is 0.0833. The predicted octanol–water partition coefficient (Wildman–Crippen LogP) is 2.49. The average Bonchev–Trinajstić information content (AvgIpc) is 2.20. The zero-order chi connectivity index (χ0) is 9.97. The van der Waals surface area contributed by atoms with Gasteiger partial charge in [-0.25, -0.2) is 0 Å². The first-order chi connectivity index (χ1) is 6.83. The molecule has 0 aliphatic heterocycles. The topological polar surface area (TPSA) is 49.8 Å². The molecule has 14 heavy (non-hydrogen) atoms. The zero-order valence-corrected chi connectivity index (χ0v) is 7.70. The third kappa shape index (κ3) is 1.29. The van der Waals surface area contributed by atoms with E-state index in [1.807, 2.05) is 36.4 Å². The van der Waals surface area contributed by atoms with Gasteiger partial charge in [-0.05, 0) is 17.0 Å². The van der Waals surface area contributed by atoms with Crippen molar-refractivity contribution in [2.75, 3.05) is 5.73 Å². The third-order valence-electron chi connectivity index (χ3n) is 2.32. The van der Waals surface area contributed by atoms with Crippen LogP contribution in [0.15, 0.2) is 36.4 Å². The minimum Gasteiger partial charge on any atom is -0.398 e. The number of nitriles is 1. The van der Waals surface area contributed by atoms with Crippen LogP contribution in [-0.4, -0.2) is 0 Å². The van der Waals surface area contributed by atoms with Gasteiger partial charge in [0, 0.05) is 11.1 Å². The second kappa shape index (κ2) is 3.39. The Balaban J connectivity index is 2.76.